The summed E-state index contributed by atoms with van der Waals surface area (Å²) in [4.78, 5) is 32.3. The first-order valence-electron chi connectivity index (χ1n) is 9.64. The molecule has 4 rings (SSSR count). The molecule has 0 bridgehead atoms. The van der Waals surface area contributed by atoms with E-state index in [9.17, 15) is 9.59 Å². The first-order chi connectivity index (χ1) is 14.1. The van der Waals surface area contributed by atoms with Crippen LogP contribution in [0.5, 0.6) is 0 Å². The Morgan fingerprint density at radius 2 is 2.41 bits per heavy atom. The zero-order valence-electron chi connectivity index (χ0n) is 16.3. The fourth-order valence-electron chi connectivity index (χ4n) is 3.59. The van der Waals surface area contributed by atoms with Crippen LogP contribution in [0.3, 0.4) is 0 Å². The number of nitrogens with one attached hydrogen (secondary N) is 1. The van der Waals surface area contributed by atoms with Gasteiger partial charge in [0.15, 0.2) is 5.16 Å². The summed E-state index contributed by atoms with van der Waals surface area (Å²) in [5, 5.41) is 4.13. The van der Waals surface area contributed by atoms with Crippen molar-refractivity contribution in [3.8, 4) is 0 Å². The molecular weight excluding hydrogens is 406 g/mol. The highest BCUT2D eigenvalue weighted by Crippen LogP contribution is 2.36. The van der Waals surface area contributed by atoms with E-state index in [0.717, 1.165) is 29.5 Å². The standard InChI is InChI=1S/C21H23N3O3S2/c1-3-8-24-20(26)18-15-7-6-13(2)10-16(15)29-19(18)23-21(24)28-12-17(25)22-11-14-5-4-9-27-14/h3-5,9,13H,1,6-8,10-12H2,2H3,(H,22,25)/t13-/m0/s1. The molecule has 0 aliphatic heterocycles. The van der Waals surface area contributed by atoms with Crippen molar-refractivity contribution < 1.29 is 9.21 Å². The number of fused-ring (bicyclic) bond motifs is 3. The van der Waals surface area contributed by atoms with Gasteiger partial charge in [-0.2, -0.15) is 0 Å². The van der Waals surface area contributed by atoms with E-state index in [4.69, 9.17) is 9.40 Å². The van der Waals surface area contributed by atoms with Crippen molar-refractivity contribution in [2.45, 2.75) is 44.4 Å². The molecule has 0 aromatic carbocycles. The third-order valence-electron chi connectivity index (χ3n) is 5.06. The third kappa shape index (κ3) is 4.18. The molecule has 1 amide bonds. The second-order valence-corrected chi connectivity index (χ2v) is 9.30. The average Bonchev–Trinajstić information content (AvgIpc) is 3.34. The number of carbonyl (C=O) groups is 1. The Hall–Kier alpha value is -2.32. The van der Waals surface area contributed by atoms with Crippen molar-refractivity contribution in [1.29, 1.82) is 0 Å². The molecule has 3 aromatic rings. The predicted octanol–water partition coefficient (Wildman–Crippen LogP) is 3.77. The number of aromatic nitrogens is 2. The van der Waals surface area contributed by atoms with E-state index < -0.39 is 0 Å². The SMILES string of the molecule is C=CCn1c(SCC(=O)NCc2ccco2)nc2sc3c(c2c1=O)CC[C@H](C)C3. The molecule has 29 heavy (non-hydrogen) atoms. The monoisotopic (exact) mass is 429 g/mol. The van der Waals surface area contributed by atoms with Gasteiger partial charge in [0, 0.05) is 11.4 Å². The van der Waals surface area contributed by atoms with Crippen molar-refractivity contribution in [3.05, 3.63) is 57.6 Å². The van der Waals surface area contributed by atoms with Crippen LogP contribution in [-0.4, -0.2) is 21.2 Å². The number of thiophene rings is 1. The zero-order chi connectivity index (χ0) is 20.4. The fraction of sp³-hybridized carbons (Fsp3) is 0.381. The lowest BCUT2D eigenvalue weighted by molar-refractivity contribution is -0.118. The van der Waals surface area contributed by atoms with Gasteiger partial charge in [0.2, 0.25) is 5.91 Å². The Labute approximate surface area is 177 Å². The number of nitrogens with zero attached hydrogens (tertiary/aromatic N) is 2. The second kappa shape index (κ2) is 8.59. The maximum atomic E-state index is 13.2. The van der Waals surface area contributed by atoms with Gasteiger partial charge in [-0.1, -0.05) is 24.8 Å². The van der Waals surface area contributed by atoms with Gasteiger partial charge in [-0.05, 0) is 42.9 Å². The first kappa shape index (κ1) is 20.0. The molecular formula is C21H23N3O3S2. The van der Waals surface area contributed by atoms with Gasteiger partial charge in [0.25, 0.3) is 5.56 Å². The normalized spacial score (nSPS) is 16.0. The smallest absolute Gasteiger partial charge is 0.263 e. The number of hydrogen-bond donors (Lipinski definition) is 1. The molecule has 0 fully saturated rings. The highest BCUT2D eigenvalue weighted by atomic mass is 32.2. The van der Waals surface area contributed by atoms with Crippen molar-refractivity contribution >= 4 is 39.2 Å². The summed E-state index contributed by atoms with van der Waals surface area (Å²) in [5.41, 5.74) is 1.14. The molecule has 8 heteroatoms. The lowest BCUT2D eigenvalue weighted by Gasteiger charge is -2.17. The van der Waals surface area contributed by atoms with Crippen molar-refractivity contribution in [3.63, 3.8) is 0 Å². The topological polar surface area (TPSA) is 77.1 Å². The van der Waals surface area contributed by atoms with Crippen LogP contribution in [0, 0.1) is 5.92 Å². The molecule has 1 atom stereocenters. The van der Waals surface area contributed by atoms with Gasteiger partial charge in [0.1, 0.15) is 10.6 Å². The van der Waals surface area contributed by atoms with Crippen LogP contribution < -0.4 is 10.9 Å². The summed E-state index contributed by atoms with van der Waals surface area (Å²) in [6.45, 7) is 6.74. The van der Waals surface area contributed by atoms with Crippen LogP contribution in [-0.2, 0) is 30.7 Å². The Morgan fingerprint density at radius 1 is 1.55 bits per heavy atom. The van der Waals surface area contributed by atoms with E-state index in [2.05, 4.69) is 18.8 Å². The first-order valence-corrected chi connectivity index (χ1v) is 11.4. The van der Waals surface area contributed by atoms with Crippen LogP contribution in [0.2, 0.25) is 0 Å². The molecule has 1 aliphatic carbocycles. The number of thioether (sulfide) groups is 1. The van der Waals surface area contributed by atoms with Crippen LogP contribution in [0.15, 0.2) is 45.4 Å². The number of aryl methyl sites for hydroxylation is 1. The fourth-order valence-corrected chi connectivity index (χ4v) is 5.85. The molecule has 6 nitrogen and oxygen atoms in total. The van der Waals surface area contributed by atoms with Gasteiger partial charge < -0.3 is 9.73 Å². The number of allylic oxidation sites excluding steroid dienone is 1. The van der Waals surface area contributed by atoms with Gasteiger partial charge in [-0.25, -0.2) is 4.98 Å². The highest BCUT2D eigenvalue weighted by molar-refractivity contribution is 7.99. The minimum atomic E-state index is -0.134. The summed E-state index contributed by atoms with van der Waals surface area (Å²) in [6, 6.07) is 3.59. The van der Waals surface area contributed by atoms with Crippen molar-refractivity contribution in [2.75, 3.05) is 5.75 Å². The molecule has 0 saturated carbocycles. The summed E-state index contributed by atoms with van der Waals surface area (Å²) >= 11 is 2.90. The largest absolute Gasteiger partial charge is 0.467 e. The Kier molecular flexibility index (Phi) is 5.91. The lowest BCUT2D eigenvalue weighted by atomic mass is 9.89. The molecule has 1 N–H and O–H groups in total. The van der Waals surface area contributed by atoms with Crippen molar-refractivity contribution in [2.24, 2.45) is 5.92 Å². The van der Waals surface area contributed by atoms with Crippen LogP contribution in [0.1, 0.15) is 29.5 Å². The predicted molar refractivity (Wildman–Crippen MR) is 117 cm³/mol. The number of rotatable bonds is 7. The molecule has 3 heterocycles. The van der Waals surface area contributed by atoms with E-state index in [0.29, 0.717) is 29.9 Å². The van der Waals surface area contributed by atoms with E-state index >= 15 is 0 Å². The molecule has 1 aliphatic rings. The van der Waals surface area contributed by atoms with Crippen molar-refractivity contribution in [1.82, 2.24) is 14.9 Å². The summed E-state index contributed by atoms with van der Waals surface area (Å²) in [6.07, 6.45) is 6.31. The quantitative estimate of drug-likeness (QED) is 0.351. The average molecular weight is 430 g/mol. The van der Waals surface area contributed by atoms with Gasteiger partial charge in [0.05, 0.1) is 23.9 Å². The second-order valence-electron chi connectivity index (χ2n) is 7.28. The van der Waals surface area contributed by atoms with Crippen LogP contribution >= 0.6 is 23.1 Å². The highest BCUT2D eigenvalue weighted by Gasteiger charge is 2.24. The van der Waals surface area contributed by atoms with E-state index in [-0.39, 0.29) is 17.2 Å². The molecule has 0 saturated heterocycles. The zero-order valence-corrected chi connectivity index (χ0v) is 17.9. The molecule has 152 valence electrons. The Balaban J connectivity index is 1.58. The minimum absolute atomic E-state index is 0.0274. The number of furan rings is 1. The summed E-state index contributed by atoms with van der Waals surface area (Å²) in [7, 11) is 0. The van der Waals surface area contributed by atoms with E-state index in [1.165, 1.54) is 22.2 Å². The number of amides is 1. The minimum Gasteiger partial charge on any atom is -0.467 e. The lowest BCUT2D eigenvalue weighted by Crippen LogP contribution is -2.26. The molecule has 0 unspecified atom stereocenters. The van der Waals surface area contributed by atoms with Crippen LogP contribution in [0.25, 0.3) is 10.2 Å². The Morgan fingerprint density at radius 3 is 3.17 bits per heavy atom. The van der Waals surface area contributed by atoms with Gasteiger partial charge >= 0.3 is 0 Å². The number of hydrogen-bond acceptors (Lipinski definition) is 6. The van der Waals surface area contributed by atoms with E-state index in [1.807, 2.05) is 6.07 Å². The van der Waals surface area contributed by atoms with E-state index in [1.54, 1.807) is 34.3 Å². The molecule has 3 aromatic heterocycles. The molecule has 0 spiro atoms. The van der Waals surface area contributed by atoms with Gasteiger partial charge in [-0.15, -0.1) is 17.9 Å². The third-order valence-corrected chi connectivity index (χ3v) is 7.19. The molecule has 0 radical (unpaired) electrons. The summed E-state index contributed by atoms with van der Waals surface area (Å²) < 4.78 is 6.85. The maximum Gasteiger partial charge on any atom is 0.263 e. The summed E-state index contributed by atoms with van der Waals surface area (Å²) in [5.74, 6) is 1.38. The van der Waals surface area contributed by atoms with Crippen LogP contribution in [0.4, 0.5) is 0 Å². The number of carbonyl (C=O) groups excluding carboxylic acids is 1. The Bertz CT molecular complexity index is 1100. The van der Waals surface area contributed by atoms with Gasteiger partial charge in [-0.3, -0.25) is 14.2 Å². The maximum absolute atomic E-state index is 13.2.